The summed E-state index contributed by atoms with van der Waals surface area (Å²) in [5.41, 5.74) is 1.02. The minimum absolute atomic E-state index is 0.134. The van der Waals surface area contributed by atoms with Crippen LogP contribution in [0.1, 0.15) is 15.2 Å². The maximum absolute atomic E-state index is 12.1. The van der Waals surface area contributed by atoms with E-state index in [0.29, 0.717) is 11.3 Å². The van der Waals surface area contributed by atoms with Crippen LogP contribution in [0.5, 0.6) is 0 Å². The molecule has 0 spiro atoms. The number of para-hydroxylation sites is 1. The second-order valence-electron chi connectivity index (χ2n) is 5.04. The molecule has 0 aliphatic carbocycles. The Balaban J connectivity index is 2.00. The van der Waals surface area contributed by atoms with Crippen LogP contribution in [0.15, 0.2) is 47.9 Å². The molecule has 0 aliphatic heterocycles. The van der Waals surface area contributed by atoms with Gasteiger partial charge in [-0.1, -0.05) is 18.2 Å². The highest BCUT2D eigenvalue weighted by atomic mass is 32.1. The van der Waals surface area contributed by atoms with Gasteiger partial charge in [-0.05, 0) is 41.9 Å². The fraction of sp³-hybridized carbons (Fsp3) is 0.118. The number of thiophene rings is 1. The maximum Gasteiger partial charge on any atom is 0.255 e. The van der Waals surface area contributed by atoms with Gasteiger partial charge in [0.15, 0.2) is 5.11 Å². The van der Waals surface area contributed by atoms with Crippen LogP contribution in [-0.2, 0) is 4.79 Å². The Morgan fingerprint density at radius 3 is 2.58 bits per heavy atom. The molecule has 2 N–H and O–H groups in total. The summed E-state index contributed by atoms with van der Waals surface area (Å²) in [5.74, 6) is -0.484. The number of carbonyl (C=O) groups is 2. The van der Waals surface area contributed by atoms with Gasteiger partial charge in [-0.25, -0.2) is 0 Å². The van der Waals surface area contributed by atoms with Crippen molar-refractivity contribution in [3.05, 3.63) is 58.3 Å². The third-order valence-electron chi connectivity index (χ3n) is 2.99. The van der Waals surface area contributed by atoms with E-state index in [-0.39, 0.29) is 16.9 Å². The molecular weight excluding hydrogens is 342 g/mol. The second kappa shape index (κ2) is 8.37. The molecule has 0 unspecified atom stereocenters. The first kappa shape index (κ1) is 17.8. The number of nitrogens with one attached hydrogen (secondary N) is 2. The van der Waals surface area contributed by atoms with Gasteiger partial charge in [0.05, 0.1) is 11.3 Å². The number of hydrogen-bond donors (Lipinski definition) is 2. The lowest BCUT2D eigenvalue weighted by Crippen LogP contribution is -2.33. The van der Waals surface area contributed by atoms with E-state index in [2.05, 4.69) is 10.6 Å². The zero-order chi connectivity index (χ0) is 17.5. The molecule has 1 heterocycles. The van der Waals surface area contributed by atoms with E-state index < -0.39 is 0 Å². The molecule has 0 aliphatic rings. The molecule has 0 atom stereocenters. The summed E-state index contributed by atoms with van der Waals surface area (Å²) in [6.45, 7) is 0. The average Bonchev–Trinajstić information content (AvgIpc) is 3.06. The summed E-state index contributed by atoms with van der Waals surface area (Å²) < 4.78 is 0. The third-order valence-corrected chi connectivity index (χ3v) is 4.03. The van der Waals surface area contributed by atoms with E-state index in [1.807, 2.05) is 17.5 Å². The molecule has 24 heavy (non-hydrogen) atoms. The zero-order valence-electron chi connectivity index (χ0n) is 13.3. The first-order chi connectivity index (χ1) is 11.5. The number of carbonyl (C=O) groups excluding carboxylic acids is 2. The monoisotopic (exact) mass is 359 g/mol. The van der Waals surface area contributed by atoms with Gasteiger partial charge in [-0.15, -0.1) is 11.3 Å². The molecule has 1 aromatic carbocycles. The van der Waals surface area contributed by atoms with Crippen LogP contribution in [-0.4, -0.2) is 35.9 Å². The second-order valence-corrected chi connectivity index (χ2v) is 6.42. The predicted octanol–water partition coefficient (Wildman–Crippen LogP) is 2.98. The Morgan fingerprint density at radius 2 is 1.92 bits per heavy atom. The number of rotatable bonds is 4. The standard InChI is InChI=1S/C17H17N3O2S2/c1-20(2)16(22)13-7-3-4-8-14(13)18-17(23)19-15(21)10-9-12-6-5-11-24-12/h3-11H,1-2H3,(H2,18,19,21,23)/b10-9+. The van der Waals surface area contributed by atoms with Crippen molar-refractivity contribution in [1.82, 2.24) is 10.2 Å². The van der Waals surface area contributed by atoms with Crippen LogP contribution in [0.3, 0.4) is 0 Å². The van der Waals surface area contributed by atoms with Crippen molar-refractivity contribution in [2.75, 3.05) is 19.4 Å². The largest absolute Gasteiger partial charge is 0.345 e. The van der Waals surface area contributed by atoms with Gasteiger partial charge in [-0.2, -0.15) is 0 Å². The van der Waals surface area contributed by atoms with Gasteiger partial charge in [0.1, 0.15) is 0 Å². The van der Waals surface area contributed by atoms with Crippen molar-refractivity contribution in [1.29, 1.82) is 0 Å². The molecule has 2 rings (SSSR count). The summed E-state index contributed by atoms with van der Waals surface area (Å²) in [4.78, 5) is 26.5. The molecule has 0 fully saturated rings. The van der Waals surface area contributed by atoms with Crippen molar-refractivity contribution in [2.45, 2.75) is 0 Å². The zero-order valence-corrected chi connectivity index (χ0v) is 14.9. The van der Waals surface area contributed by atoms with Gasteiger partial charge in [0.25, 0.3) is 5.91 Å². The quantitative estimate of drug-likeness (QED) is 0.651. The topological polar surface area (TPSA) is 61.4 Å². The smallest absolute Gasteiger partial charge is 0.255 e. The Labute approximate surface area is 150 Å². The summed E-state index contributed by atoms with van der Waals surface area (Å²) >= 11 is 6.68. The fourth-order valence-electron chi connectivity index (χ4n) is 1.87. The molecule has 2 amide bonds. The van der Waals surface area contributed by atoms with E-state index in [1.165, 1.54) is 22.3 Å². The van der Waals surface area contributed by atoms with Crippen LogP contribution in [0, 0.1) is 0 Å². The predicted molar refractivity (Wildman–Crippen MR) is 102 cm³/mol. The van der Waals surface area contributed by atoms with Crippen molar-refractivity contribution in [3.63, 3.8) is 0 Å². The third kappa shape index (κ3) is 5.00. The lowest BCUT2D eigenvalue weighted by atomic mass is 10.1. The van der Waals surface area contributed by atoms with Crippen LogP contribution in [0.25, 0.3) is 6.08 Å². The number of amides is 2. The van der Waals surface area contributed by atoms with Gasteiger partial charge in [0.2, 0.25) is 5.91 Å². The minimum atomic E-state index is -0.336. The fourth-order valence-corrected chi connectivity index (χ4v) is 2.70. The van der Waals surface area contributed by atoms with Gasteiger partial charge in [-0.3, -0.25) is 14.9 Å². The number of nitrogens with zero attached hydrogens (tertiary/aromatic N) is 1. The highest BCUT2D eigenvalue weighted by molar-refractivity contribution is 7.80. The Kier molecular flexibility index (Phi) is 6.22. The summed E-state index contributed by atoms with van der Waals surface area (Å²) in [6.07, 6.45) is 3.13. The van der Waals surface area contributed by atoms with Crippen molar-refractivity contribution in [3.8, 4) is 0 Å². The van der Waals surface area contributed by atoms with Crippen LogP contribution < -0.4 is 10.6 Å². The number of thiocarbonyl (C=S) groups is 1. The summed E-state index contributed by atoms with van der Waals surface area (Å²) in [6, 6.07) is 10.8. The SMILES string of the molecule is CN(C)C(=O)c1ccccc1NC(=S)NC(=O)/C=C/c1cccs1. The van der Waals surface area contributed by atoms with E-state index in [1.54, 1.807) is 44.4 Å². The molecule has 0 saturated carbocycles. The van der Waals surface area contributed by atoms with Crippen molar-refractivity contribution in [2.24, 2.45) is 0 Å². The highest BCUT2D eigenvalue weighted by Gasteiger charge is 2.13. The molecule has 2 aromatic rings. The van der Waals surface area contributed by atoms with E-state index >= 15 is 0 Å². The van der Waals surface area contributed by atoms with Crippen molar-refractivity contribution >= 4 is 52.2 Å². The first-order valence-electron chi connectivity index (χ1n) is 7.11. The summed E-state index contributed by atoms with van der Waals surface area (Å²) in [7, 11) is 3.35. The molecule has 0 radical (unpaired) electrons. The number of anilines is 1. The Morgan fingerprint density at radius 1 is 1.17 bits per heavy atom. The molecular formula is C17H17N3O2S2. The number of hydrogen-bond acceptors (Lipinski definition) is 4. The summed E-state index contributed by atoms with van der Waals surface area (Å²) in [5, 5.41) is 7.52. The van der Waals surface area contributed by atoms with Crippen LogP contribution in [0.4, 0.5) is 5.69 Å². The van der Waals surface area contributed by atoms with Crippen LogP contribution in [0.2, 0.25) is 0 Å². The average molecular weight is 359 g/mol. The molecule has 124 valence electrons. The van der Waals surface area contributed by atoms with Gasteiger partial charge >= 0.3 is 0 Å². The molecule has 0 saturated heterocycles. The first-order valence-corrected chi connectivity index (χ1v) is 8.40. The normalized spacial score (nSPS) is 10.4. The van der Waals surface area contributed by atoms with Crippen molar-refractivity contribution < 1.29 is 9.59 Å². The lowest BCUT2D eigenvalue weighted by Gasteiger charge is -2.15. The van der Waals surface area contributed by atoms with E-state index in [9.17, 15) is 9.59 Å². The number of benzene rings is 1. The van der Waals surface area contributed by atoms with Crippen LogP contribution >= 0.6 is 23.6 Å². The molecule has 1 aromatic heterocycles. The Hall–Kier alpha value is -2.51. The van der Waals surface area contributed by atoms with E-state index in [0.717, 1.165) is 4.88 Å². The Bertz CT molecular complexity index is 768. The molecule has 5 nitrogen and oxygen atoms in total. The highest BCUT2D eigenvalue weighted by Crippen LogP contribution is 2.16. The molecule has 0 bridgehead atoms. The minimum Gasteiger partial charge on any atom is -0.345 e. The van der Waals surface area contributed by atoms with Gasteiger partial charge < -0.3 is 10.2 Å². The molecule has 7 heteroatoms. The van der Waals surface area contributed by atoms with E-state index in [4.69, 9.17) is 12.2 Å². The maximum atomic E-state index is 12.1. The van der Waals surface area contributed by atoms with Gasteiger partial charge in [0, 0.05) is 25.0 Å². The lowest BCUT2D eigenvalue weighted by molar-refractivity contribution is -0.115.